The Labute approximate surface area is 95.6 Å². The number of anilines is 2. The number of rotatable bonds is 3. The van der Waals surface area contributed by atoms with Crippen LogP contribution in [-0.2, 0) is 4.79 Å². The summed E-state index contributed by atoms with van der Waals surface area (Å²) in [6.07, 6.45) is 1.88. The minimum absolute atomic E-state index is 0.0356. The standard InChI is InChI=1S/C9H11BrN2OS/c1-14-5-9(13)12-8-3-2-6(10)4-7(8)11/h2-4H,5,11H2,1H3,(H,12,13). The van der Waals surface area contributed by atoms with Gasteiger partial charge in [-0.3, -0.25) is 4.79 Å². The molecule has 3 nitrogen and oxygen atoms in total. The van der Waals surface area contributed by atoms with E-state index in [0.29, 0.717) is 17.1 Å². The van der Waals surface area contributed by atoms with Gasteiger partial charge in [-0.25, -0.2) is 0 Å². The number of hydrogen-bond acceptors (Lipinski definition) is 3. The highest BCUT2D eigenvalue weighted by molar-refractivity contribution is 9.10. The van der Waals surface area contributed by atoms with E-state index in [1.807, 2.05) is 12.3 Å². The fraction of sp³-hybridized carbons (Fsp3) is 0.222. The molecule has 3 N–H and O–H groups in total. The third-order valence-corrected chi connectivity index (χ3v) is 2.61. The van der Waals surface area contributed by atoms with Gasteiger partial charge in [0.05, 0.1) is 17.1 Å². The van der Waals surface area contributed by atoms with E-state index in [4.69, 9.17) is 5.73 Å². The van der Waals surface area contributed by atoms with Crippen molar-refractivity contribution in [3.63, 3.8) is 0 Å². The lowest BCUT2D eigenvalue weighted by molar-refractivity contribution is -0.113. The monoisotopic (exact) mass is 274 g/mol. The Morgan fingerprint density at radius 1 is 1.64 bits per heavy atom. The molecule has 0 aliphatic heterocycles. The molecule has 0 aliphatic carbocycles. The maximum atomic E-state index is 11.3. The van der Waals surface area contributed by atoms with Crippen molar-refractivity contribution in [3.05, 3.63) is 22.7 Å². The van der Waals surface area contributed by atoms with Crippen molar-refractivity contribution >= 4 is 45.0 Å². The van der Waals surface area contributed by atoms with E-state index >= 15 is 0 Å². The number of nitrogens with one attached hydrogen (secondary N) is 1. The maximum absolute atomic E-state index is 11.3. The number of carbonyl (C=O) groups is 1. The van der Waals surface area contributed by atoms with Crippen molar-refractivity contribution in [2.75, 3.05) is 23.1 Å². The highest BCUT2D eigenvalue weighted by Crippen LogP contribution is 2.22. The Morgan fingerprint density at radius 2 is 2.36 bits per heavy atom. The third kappa shape index (κ3) is 3.23. The molecule has 1 aromatic rings. The zero-order valence-corrected chi connectivity index (χ0v) is 10.1. The number of halogens is 1. The van der Waals surface area contributed by atoms with Gasteiger partial charge >= 0.3 is 0 Å². The number of nitrogen functional groups attached to an aromatic ring is 1. The number of nitrogens with two attached hydrogens (primary N) is 1. The van der Waals surface area contributed by atoms with Crippen molar-refractivity contribution in [1.29, 1.82) is 0 Å². The Kier molecular flexibility index (Phi) is 4.28. The first-order valence-electron chi connectivity index (χ1n) is 3.97. The van der Waals surface area contributed by atoms with Crippen LogP contribution in [0.4, 0.5) is 11.4 Å². The zero-order chi connectivity index (χ0) is 10.6. The number of thioether (sulfide) groups is 1. The van der Waals surface area contributed by atoms with Gasteiger partial charge in [0.2, 0.25) is 5.91 Å². The van der Waals surface area contributed by atoms with Crippen LogP contribution in [0.1, 0.15) is 0 Å². The lowest BCUT2D eigenvalue weighted by Crippen LogP contribution is -2.14. The van der Waals surface area contributed by atoms with E-state index in [-0.39, 0.29) is 5.91 Å². The van der Waals surface area contributed by atoms with Crippen LogP contribution in [0, 0.1) is 0 Å². The Bertz CT molecular complexity index is 344. The third-order valence-electron chi connectivity index (χ3n) is 1.56. The zero-order valence-electron chi connectivity index (χ0n) is 7.71. The highest BCUT2D eigenvalue weighted by atomic mass is 79.9. The summed E-state index contributed by atoms with van der Waals surface area (Å²) in [6, 6.07) is 5.37. The van der Waals surface area contributed by atoms with Gasteiger partial charge in [-0.1, -0.05) is 15.9 Å². The highest BCUT2D eigenvalue weighted by Gasteiger charge is 2.04. The summed E-state index contributed by atoms with van der Waals surface area (Å²) in [4.78, 5) is 11.3. The minimum Gasteiger partial charge on any atom is -0.397 e. The van der Waals surface area contributed by atoms with Crippen molar-refractivity contribution in [2.24, 2.45) is 0 Å². The molecule has 0 unspecified atom stereocenters. The van der Waals surface area contributed by atoms with Crippen LogP contribution in [0.5, 0.6) is 0 Å². The van der Waals surface area contributed by atoms with Crippen molar-refractivity contribution in [1.82, 2.24) is 0 Å². The molecule has 0 spiro atoms. The number of amides is 1. The van der Waals surface area contributed by atoms with Crippen molar-refractivity contribution in [3.8, 4) is 0 Å². The first kappa shape index (κ1) is 11.4. The normalized spacial score (nSPS) is 9.86. The van der Waals surface area contributed by atoms with Crippen LogP contribution < -0.4 is 11.1 Å². The summed E-state index contributed by atoms with van der Waals surface area (Å²) in [5.74, 6) is 0.404. The quantitative estimate of drug-likeness (QED) is 0.832. The largest absolute Gasteiger partial charge is 0.397 e. The summed E-state index contributed by atoms with van der Waals surface area (Å²) in [5.41, 5.74) is 6.94. The molecule has 0 fully saturated rings. The van der Waals surface area contributed by atoms with Crippen molar-refractivity contribution in [2.45, 2.75) is 0 Å². The number of carbonyl (C=O) groups excluding carboxylic acids is 1. The fourth-order valence-electron chi connectivity index (χ4n) is 0.965. The molecule has 1 amide bonds. The van der Waals surface area contributed by atoms with Gasteiger partial charge < -0.3 is 11.1 Å². The second-order valence-electron chi connectivity index (χ2n) is 2.71. The Hall–Kier alpha value is -0.680. The van der Waals surface area contributed by atoms with E-state index in [1.54, 1.807) is 12.1 Å². The molecule has 0 aliphatic rings. The lowest BCUT2D eigenvalue weighted by atomic mass is 10.3. The molecule has 5 heteroatoms. The van der Waals surface area contributed by atoms with Crippen molar-refractivity contribution < 1.29 is 4.79 Å². The van der Waals surface area contributed by atoms with Crippen LogP contribution in [0.3, 0.4) is 0 Å². The van der Waals surface area contributed by atoms with Crippen LogP contribution in [0.25, 0.3) is 0 Å². The van der Waals surface area contributed by atoms with Crippen LogP contribution in [0.2, 0.25) is 0 Å². The van der Waals surface area contributed by atoms with Crippen LogP contribution in [0.15, 0.2) is 22.7 Å². The molecule has 0 heterocycles. The smallest absolute Gasteiger partial charge is 0.234 e. The summed E-state index contributed by atoms with van der Waals surface area (Å²) in [6.45, 7) is 0. The SMILES string of the molecule is CSCC(=O)Nc1ccc(Br)cc1N. The van der Waals surface area contributed by atoms with Gasteiger partial charge in [0.15, 0.2) is 0 Å². The molecule has 0 radical (unpaired) electrons. The summed E-state index contributed by atoms with van der Waals surface area (Å²) < 4.78 is 0.901. The molecule has 1 aromatic carbocycles. The summed E-state index contributed by atoms with van der Waals surface area (Å²) in [5, 5.41) is 2.73. The van der Waals surface area contributed by atoms with E-state index in [0.717, 1.165) is 4.47 Å². The van der Waals surface area contributed by atoms with Gasteiger partial charge in [0.1, 0.15) is 0 Å². The molecule has 0 aromatic heterocycles. The summed E-state index contributed by atoms with van der Waals surface area (Å²) in [7, 11) is 0. The minimum atomic E-state index is -0.0356. The van der Waals surface area contributed by atoms with E-state index in [9.17, 15) is 4.79 Å². The average molecular weight is 275 g/mol. The second-order valence-corrected chi connectivity index (χ2v) is 4.49. The summed E-state index contributed by atoms with van der Waals surface area (Å²) >= 11 is 4.77. The topological polar surface area (TPSA) is 55.1 Å². The number of benzene rings is 1. The van der Waals surface area contributed by atoms with E-state index in [1.165, 1.54) is 11.8 Å². The molecule has 0 bridgehead atoms. The maximum Gasteiger partial charge on any atom is 0.234 e. The van der Waals surface area contributed by atoms with Crippen LogP contribution >= 0.6 is 27.7 Å². The van der Waals surface area contributed by atoms with Gasteiger partial charge in [0, 0.05) is 4.47 Å². The first-order chi connectivity index (χ1) is 6.63. The Balaban J connectivity index is 2.72. The molecular formula is C9H11BrN2OS. The molecule has 1 rings (SSSR count). The molecule has 0 saturated carbocycles. The lowest BCUT2D eigenvalue weighted by Gasteiger charge is -2.07. The molecule has 76 valence electrons. The van der Waals surface area contributed by atoms with E-state index < -0.39 is 0 Å². The van der Waals surface area contributed by atoms with Gasteiger partial charge in [0.25, 0.3) is 0 Å². The van der Waals surface area contributed by atoms with Crippen LogP contribution in [-0.4, -0.2) is 17.9 Å². The Morgan fingerprint density at radius 3 is 2.93 bits per heavy atom. The predicted octanol–water partition coefficient (Wildman–Crippen LogP) is 2.33. The van der Waals surface area contributed by atoms with Gasteiger partial charge in [-0.2, -0.15) is 11.8 Å². The first-order valence-corrected chi connectivity index (χ1v) is 6.16. The number of hydrogen-bond donors (Lipinski definition) is 2. The van der Waals surface area contributed by atoms with Gasteiger partial charge in [-0.15, -0.1) is 0 Å². The molecule has 0 atom stereocenters. The second kappa shape index (κ2) is 5.26. The van der Waals surface area contributed by atoms with Gasteiger partial charge in [-0.05, 0) is 24.5 Å². The van der Waals surface area contributed by atoms with E-state index in [2.05, 4.69) is 21.2 Å². The average Bonchev–Trinajstić information content (AvgIpc) is 2.10. The predicted molar refractivity (Wildman–Crippen MR) is 65.6 cm³/mol. The molecule has 14 heavy (non-hydrogen) atoms. The molecular weight excluding hydrogens is 264 g/mol. The fourth-order valence-corrected chi connectivity index (χ4v) is 1.68. The molecule has 0 saturated heterocycles.